The van der Waals surface area contributed by atoms with Crippen molar-refractivity contribution in [2.45, 2.75) is 65.8 Å². The van der Waals surface area contributed by atoms with Gasteiger partial charge in [-0.05, 0) is 50.3 Å². The number of nitrogens with one attached hydrogen (secondary N) is 1. The molecule has 2 rings (SSSR count). The molecule has 7 heteroatoms. The van der Waals surface area contributed by atoms with Crippen LogP contribution in [0.2, 0.25) is 0 Å². The molecule has 184 valence electrons. The lowest BCUT2D eigenvalue weighted by Gasteiger charge is -2.33. The SMILES string of the molecule is C[C@@H]([C@@H](Cc1ccccc1)C(=O)C[C@H](C(=O)NCCN1CCCCC1)C(C)(C)C)N(O)C=O. The Labute approximate surface area is 198 Å². The van der Waals surface area contributed by atoms with E-state index in [9.17, 15) is 19.6 Å². The van der Waals surface area contributed by atoms with Crippen LogP contribution in [0.15, 0.2) is 30.3 Å². The lowest BCUT2D eigenvalue weighted by molar-refractivity contribution is -0.165. The van der Waals surface area contributed by atoms with Crippen LogP contribution in [0, 0.1) is 17.3 Å². The van der Waals surface area contributed by atoms with Crippen LogP contribution in [0.25, 0.3) is 0 Å². The first kappa shape index (κ1) is 27.0. The van der Waals surface area contributed by atoms with E-state index >= 15 is 0 Å². The summed E-state index contributed by atoms with van der Waals surface area (Å²) in [5.74, 6) is -1.36. The van der Waals surface area contributed by atoms with Crippen molar-refractivity contribution in [3.63, 3.8) is 0 Å². The molecule has 3 atom stereocenters. The highest BCUT2D eigenvalue weighted by Crippen LogP contribution is 2.31. The average Bonchev–Trinajstić information content (AvgIpc) is 2.80. The third-order valence-corrected chi connectivity index (χ3v) is 6.76. The number of nitrogens with zero attached hydrogens (tertiary/aromatic N) is 2. The van der Waals surface area contributed by atoms with Crippen LogP contribution in [0.3, 0.4) is 0 Å². The Morgan fingerprint density at radius 1 is 1.15 bits per heavy atom. The molecule has 1 fully saturated rings. The van der Waals surface area contributed by atoms with Crippen LogP contribution >= 0.6 is 0 Å². The summed E-state index contributed by atoms with van der Waals surface area (Å²) in [7, 11) is 0. The van der Waals surface area contributed by atoms with Crippen LogP contribution in [0.5, 0.6) is 0 Å². The number of rotatable bonds is 12. The molecule has 33 heavy (non-hydrogen) atoms. The summed E-state index contributed by atoms with van der Waals surface area (Å²) in [6, 6.07) is 8.83. The molecule has 0 aliphatic carbocycles. The predicted octanol–water partition coefficient (Wildman–Crippen LogP) is 3.31. The topological polar surface area (TPSA) is 90.0 Å². The van der Waals surface area contributed by atoms with E-state index in [0.29, 0.717) is 24.4 Å². The zero-order valence-corrected chi connectivity index (χ0v) is 20.6. The fourth-order valence-corrected chi connectivity index (χ4v) is 4.49. The predicted molar refractivity (Wildman–Crippen MR) is 129 cm³/mol. The van der Waals surface area contributed by atoms with E-state index in [-0.39, 0.29) is 18.1 Å². The molecule has 1 aromatic carbocycles. The van der Waals surface area contributed by atoms with Gasteiger partial charge in [-0.1, -0.05) is 57.5 Å². The van der Waals surface area contributed by atoms with Gasteiger partial charge in [-0.25, -0.2) is 5.06 Å². The summed E-state index contributed by atoms with van der Waals surface area (Å²) in [4.78, 5) is 40.1. The fourth-order valence-electron chi connectivity index (χ4n) is 4.49. The maximum atomic E-state index is 13.5. The molecule has 7 nitrogen and oxygen atoms in total. The molecule has 0 saturated carbocycles. The summed E-state index contributed by atoms with van der Waals surface area (Å²) in [6.07, 6.45) is 4.46. The van der Waals surface area contributed by atoms with Gasteiger partial charge in [-0.3, -0.25) is 19.6 Å². The molecule has 2 N–H and O–H groups in total. The van der Waals surface area contributed by atoms with Crippen LogP contribution < -0.4 is 5.32 Å². The van der Waals surface area contributed by atoms with Gasteiger partial charge in [-0.2, -0.15) is 0 Å². The highest BCUT2D eigenvalue weighted by Gasteiger charge is 2.37. The zero-order chi connectivity index (χ0) is 24.4. The number of carbonyl (C=O) groups excluding carboxylic acids is 3. The minimum absolute atomic E-state index is 0.0631. The minimum Gasteiger partial charge on any atom is -0.355 e. The largest absolute Gasteiger partial charge is 0.355 e. The zero-order valence-electron chi connectivity index (χ0n) is 20.6. The summed E-state index contributed by atoms with van der Waals surface area (Å²) >= 11 is 0. The Morgan fingerprint density at radius 2 is 1.79 bits per heavy atom. The molecular formula is C26H41N3O4. The summed E-state index contributed by atoms with van der Waals surface area (Å²) in [5, 5.41) is 13.6. The Bertz CT molecular complexity index is 757. The number of carbonyl (C=O) groups is 3. The van der Waals surface area contributed by atoms with Crippen LogP contribution in [0.4, 0.5) is 0 Å². The maximum Gasteiger partial charge on any atom is 0.233 e. The number of Topliss-reactive ketones (excluding diaryl/α,β-unsaturated/α-hetero) is 1. The first-order valence-electron chi connectivity index (χ1n) is 12.1. The van der Waals surface area contributed by atoms with E-state index in [1.165, 1.54) is 19.3 Å². The fraction of sp³-hybridized carbons (Fsp3) is 0.654. The van der Waals surface area contributed by atoms with Gasteiger partial charge in [0, 0.05) is 31.3 Å². The van der Waals surface area contributed by atoms with Gasteiger partial charge < -0.3 is 10.2 Å². The monoisotopic (exact) mass is 459 g/mol. The first-order chi connectivity index (χ1) is 15.6. The highest BCUT2D eigenvalue weighted by atomic mass is 16.5. The third-order valence-electron chi connectivity index (χ3n) is 6.76. The number of likely N-dealkylation sites (tertiary alicyclic amines) is 1. The number of amides is 2. The standard InChI is InChI=1S/C26H41N3O4/c1-20(29(33)19-30)22(17-21-11-7-5-8-12-21)24(31)18-23(26(2,3)4)25(32)27-13-16-28-14-9-6-10-15-28/h5,7-8,11-12,19-20,22-23,33H,6,9-10,13-18H2,1-4H3,(H,27,32)/t20-,22+,23+/m0/s1. The van der Waals surface area contributed by atoms with Gasteiger partial charge in [0.2, 0.25) is 12.3 Å². The Kier molecular flexibility index (Phi) is 10.5. The van der Waals surface area contributed by atoms with E-state index in [1.54, 1.807) is 6.92 Å². The molecule has 0 radical (unpaired) electrons. The number of ketones is 1. The molecule has 1 aromatic rings. The van der Waals surface area contributed by atoms with E-state index in [1.807, 2.05) is 51.1 Å². The lowest BCUT2D eigenvalue weighted by Crippen LogP contribution is -2.45. The second kappa shape index (κ2) is 12.8. The van der Waals surface area contributed by atoms with Crippen LogP contribution in [-0.2, 0) is 20.8 Å². The summed E-state index contributed by atoms with van der Waals surface area (Å²) in [5.41, 5.74) is 0.537. The first-order valence-corrected chi connectivity index (χ1v) is 12.1. The molecule has 1 saturated heterocycles. The summed E-state index contributed by atoms with van der Waals surface area (Å²) < 4.78 is 0. The molecule has 0 bridgehead atoms. The van der Waals surface area contributed by atoms with Gasteiger partial charge in [-0.15, -0.1) is 0 Å². The number of hydrogen-bond acceptors (Lipinski definition) is 5. The molecule has 0 aromatic heterocycles. The molecule has 1 aliphatic heterocycles. The lowest BCUT2D eigenvalue weighted by atomic mass is 9.74. The van der Waals surface area contributed by atoms with E-state index in [2.05, 4.69) is 10.2 Å². The second-order valence-corrected chi connectivity index (χ2v) is 10.3. The Hall–Kier alpha value is -2.25. The quantitative estimate of drug-likeness (QED) is 0.284. The number of piperidine rings is 1. The van der Waals surface area contributed by atoms with Crippen molar-refractivity contribution in [3.05, 3.63) is 35.9 Å². The summed E-state index contributed by atoms with van der Waals surface area (Å²) in [6.45, 7) is 11.1. The van der Waals surface area contributed by atoms with Crippen LogP contribution in [0.1, 0.15) is 58.9 Å². The van der Waals surface area contributed by atoms with Crippen molar-refractivity contribution in [1.82, 2.24) is 15.3 Å². The van der Waals surface area contributed by atoms with Crippen molar-refractivity contribution in [1.29, 1.82) is 0 Å². The van der Waals surface area contributed by atoms with Crippen molar-refractivity contribution < 1.29 is 19.6 Å². The van der Waals surface area contributed by atoms with E-state index in [4.69, 9.17) is 0 Å². The molecule has 0 unspecified atom stereocenters. The molecular weight excluding hydrogens is 418 g/mol. The van der Waals surface area contributed by atoms with Gasteiger partial charge in [0.15, 0.2) is 0 Å². The van der Waals surface area contributed by atoms with Crippen molar-refractivity contribution >= 4 is 18.1 Å². The van der Waals surface area contributed by atoms with Crippen molar-refractivity contribution in [2.24, 2.45) is 17.3 Å². The Balaban J connectivity index is 2.08. The molecule has 2 amide bonds. The average molecular weight is 460 g/mol. The smallest absolute Gasteiger partial charge is 0.233 e. The van der Waals surface area contributed by atoms with E-state index < -0.39 is 23.3 Å². The number of benzene rings is 1. The molecule has 1 heterocycles. The minimum atomic E-state index is -0.696. The van der Waals surface area contributed by atoms with Crippen molar-refractivity contribution in [2.75, 3.05) is 26.2 Å². The van der Waals surface area contributed by atoms with Gasteiger partial charge in [0.05, 0.1) is 6.04 Å². The molecule has 1 aliphatic rings. The van der Waals surface area contributed by atoms with Crippen molar-refractivity contribution in [3.8, 4) is 0 Å². The molecule has 0 spiro atoms. The number of hydroxylamine groups is 2. The maximum absolute atomic E-state index is 13.5. The number of hydrogen-bond donors (Lipinski definition) is 2. The van der Waals surface area contributed by atoms with Gasteiger partial charge in [0.25, 0.3) is 0 Å². The van der Waals surface area contributed by atoms with Crippen LogP contribution in [-0.4, -0.2) is 65.5 Å². The Morgan fingerprint density at radius 3 is 2.36 bits per heavy atom. The van der Waals surface area contributed by atoms with Gasteiger partial charge >= 0.3 is 0 Å². The van der Waals surface area contributed by atoms with Gasteiger partial charge in [0.1, 0.15) is 5.78 Å². The second-order valence-electron chi connectivity index (χ2n) is 10.3. The third kappa shape index (κ3) is 8.55. The normalized spacial score (nSPS) is 17.6. The van der Waals surface area contributed by atoms with E-state index in [0.717, 1.165) is 25.2 Å². The highest BCUT2D eigenvalue weighted by molar-refractivity contribution is 5.89.